The van der Waals surface area contributed by atoms with Gasteiger partial charge in [-0.3, -0.25) is 4.57 Å². The molecule has 90 valence electrons. The molecular formula is C13H16N2OS. The number of imidazole rings is 1. The van der Waals surface area contributed by atoms with Crippen molar-refractivity contribution in [1.29, 1.82) is 0 Å². The second kappa shape index (κ2) is 4.37. The summed E-state index contributed by atoms with van der Waals surface area (Å²) in [5, 5.41) is 9.97. The summed E-state index contributed by atoms with van der Waals surface area (Å²) >= 11 is 5.35. The maximum atomic E-state index is 9.97. The van der Waals surface area contributed by atoms with Gasteiger partial charge in [-0.15, -0.1) is 0 Å². The molecule has 0 amide bonds. The van der Waals surface area contributed by atoms with Crippen molar-refractivity contribution >= 4 is 12.2 Å². The van der Waals surface area contributed by atoms with Gasteiger partial charge in [0.05, 0.1) is 11.9 Å². The third-order valence-corrected chi connectivity index (χ3v) is 3.29. The van der Waals surface area contributed by atoms with Gasteiger partial charge in [0.2, 0.25) is 5.88 Å². The van der Waals surface area contributed by atoms with Gasteiger partial charge < -0.3 is 9.67 Å². The molecule has 1 aromatic heterocycles. The van der Waals surface area contributed by atoms with Crippen LogP contribution in [0, 0.1) is 18.6 Å². The van der Waals surface area contributed by atoms with E-state index in [1.807, 2.05) is 37.5 Å². The van der Waals surface area contributed by atoms with Crippen LogP contribution in [0.4, 0.5) is 0 Å². The zero-order valence-electron chi connectivity index (χ0n) is 10.3. The Morgan fingerprint density at radius 2 is 2.00 bits per heavy atom. The lowest BCUT2D eigenvalue weighted by Gasteiger charge is -2.09. The van der Waals surface area contributed by atoms with Crippen LogP contribution in [0.25, 0.3) is 5.69 Å². The SMILES string of the molecule is CCn1cc(O)n(-c2ccc(C)cc2C)c1=S. The molecule has 1 aromatic carbocycles. The normalized spacial score (nSPS) is 10.8. The summed E-state index contributed by atoms with van der Waals surface area (Å²) in [7, 11) is 0. The predicted molar refractivity (Wildman–Crippen MR) is 71.4 cm³/mol. The van der Waals surface area contributed by atoms with Crippen LogP contribution in [0.1, 0.15) is 18.1 Å². The van der Waals surface area contributed by atoms with E-state index in [9.17, 15) is 5.11 Å². The van der Waals surface area contributed by atoms with Crippen molar-refractivity contribution in [2.45, 2.75) is 27.3 Å². The first-order valence-corrected chi connectivity index (χ1v) is 6.04. The minimum atomic E-state index is 0.184. The van der Waals surface area contributed by atoms with Gasteiger partial charge in [0.1, 0.15) is 0 Å². The summed E-state index contributed by atoms with van der Waals surface area (Å²) in [5.41, 5.74) is 3.24. The van der Waals surface area contributed by atoms with E-state index in [0.717, 1.165) is 17.8 Å². The summed E-state index contributed by atoms with van der Waals surface area (Å²) in [6.07, 6.45) is 1.67. The molecule has 0 saturated carbocycles. The topological polar surface area (TPSA) is 30.1 Å². The quantitative estimate of drug-likeness (QED) is 0.826. The molecular weight excluding hydrogens is 232 g/mol. The monoisotopic (exact) mass is 248 g/mol. The summed E-state index contributed by atoms with van der Waals surface area (Å²) in [4.78, 5) is 0. The molecule has 4 heteroatoms. The fourth-order valence-corrected chi connectivity index (χ4v) is 2.36. The van der Waals surface area contributed by atoms with Crippen molar-refractivity contribution in [3.05, 3.63) is 40.3 Å². The van der Waals surface area contributed by atoms with Gasteiger partial charge in [-0.1, -0.05) is 17.7 Å². The van der Waals surface area contributed by atoms with Crippen molar-refractivity contribution in [2.24, 2.45) is 0 Å². The van der Waals surface area contributed by atoms with Gasteiger partial charge in [0.25, 0.3) is 0 Å². The first kappa shape index (κ1) is 11.9. The van der Waals surface area contributed by atoms with Gasteiger partial charge in [-0.05, 0) is 44.6 Å². The molecule has 0 bridgehead atoms. The molecule has 17 heavy (non-hydrogen) atoms. The Morgan fingerprint density at radius 1 is 1.29 bits per heavy atom. The molecule has 0 spiro atoms. The maximum absolute atomic E-state index is 9.97. The van der Waals surface area contributed by atoms with Crippen LogP contribution >= 0.6 is 12.2 Å². The lowest BCUT2D eigenvalue weighted by Crippen LogP contribution is -2.00. The predicted octanol–water partition coefficient (Wildman–Crippen LogP) is 3.35. The second-order valence-electron chi connectivity index (χ2n) is 4.18. The van der Waals surface area contributed by atoms with E-state index >= 15 is 0 Å². The van der Waals surface area contributed by atoms with Crippen molar-refractivity contribution in [3.8, 4) is 11.6 Å². The van der Waals surface area contributed by atoms with Crippen LogP contribution in [-0.4, -0.2) is 14.2 Å². The first-order valence-electron chi connectivity index (χ1n) is 5.63. The first-order chi connectivity index (χ1) is 8.04. The summed E-state index contributed by atoms with van der Waals surface area (Å²) in [6, 6.07) is 6.09. The van der Waals surface area contributed by atoms with Crippen LogP contribution in [0.5, 0.6) is 5.88 Å². The molecule has 0 unspecified atom stereocenters. The number of aryl methyl sites for hydroxylation is 3. The molecule has 0 aliphatic rings. The fraction of sp³-hybridized carbons (Fsp3) is 0.308. The molecule has 1 heterocycles. The van der Waals surface area contributed by atoms with Crippen LogP contribution in [-0.2, 0) is 6.54 Å². The third kappa shape index (κ3) is 2.00. The summed E-state index contributed by atoms with van der Waals surface area (Å²) in [5.74, 6) is 0.184. The Morgan fingerprint density at radius 3 is 2.53 bits per heavy atom. The zero-order chi connectivity index (χ0) is 12.6. The maximum Gasteiger partial charge on any atom is 0.214 e. The number of hydrogen-bond donors (Lipinski definition) is 1. The second-order valence-corrected chi connectivity index (χ2v) is 4.55. The number of hydrogen-bond acceptors (Lipinski definition) is 2. The molecule has 0 saturated heterocycles. The number of nitrogens with zero attached hydrogens (tertiary/aromatic N) is 2. The molecule has 0 atom stereocenters. The average molecular weight is 248 g/mol. The minimum Gasteiger partial charge on any atom is -0.493 e. The highest BCUT2D eigenvalue weighted by Gasteiger charge is 2.10. The minimum absolute atomic E-state index is 0.184. The Bertz CT molecular complexity index is 610. The summed E-state index contributed by atoms with van der Waals surface area (Å²) in [6.45, 7) is 6.83. The van der Waals surface area contributed by atoms with E-state index in [0.29, 0.717) is 4.77 Å². The largest absolute Gasteiger partial charge is 0.493 e. The van der Waals surface area contributed by atoms with Gasteiger partial charge in [-0.25, -0.2) is 0 Å². The van der Waals surface area contributed by atoms with Crippen LogP contribution in [0.3, 0.4) is 0 Å². The molecule has 3 nitrogen and oxygen atoms in total. The summed E-state index contributed by atoms with van der Waals surface area (Å²) < 4.78 is 4.18. The molecule has 0 fully saturated rings. The third-order valence-electron chi connectivity index (χ3n) is 2.87. The molecule has 0 radical (unpaired) electrons. The highest BCUT2D eigenvalue weighted by atomic mass is 32.1. The van der Waals surface area contributed by atoms with Crippen molar-refractivity contribution in [3.63, 3.8) is 0 Å². The van der Waals surface area contributed by atoms with Crippen molar-refractivity contribution < 1.29 is 5.11 Å². The molecule has 2 aromatic rings. The van der Waals surface area contributed by atoms with Gasteiger partial charge in [0.15, 0.2) is 4.77 Å². The molecule has 2 rings (SSSR count). The van der Waals surface area contributed by atoms with Crippen LogP contribution in [0.2, 0.25) is 0 Å². The lowest BCUT2D eigenvalue weighted by atomic mass is 10.1. The average Bonchev–Trinajstić information content (AvgIpc) is 2.55. The Hall–Kier alpha value is -1.55. The fourth-order valence-electron chi connectivity index (χ4n) is 1.99. The smallest absolute Gasteiger partial charge is 0.214 e. The number of rotatable bonds is 2. The van der Waals surface area contributed by atoms with E-state index in [1.54, 1.807) is 10.8 Å². The number of benzene rings is 1. The van der Waals surface area contributed by atoms with Crippen LogP contribution in [0.15, 0.2) is 24.4 Å². The van der Waals surface area contributed by atoms with E-state index in [4.69, 9.17) is 12.2 Å². The standard InChI is InChI=1S/C13H16N2OS/c1-4-14-8-12(16)15(13(14)17)11-6-5-9(2)7-10(11)3/h5-8,16H,4H2,1-3H3. The number of aromatic nitrogens is 2. The Kier molecular flexibility index (Phi) is 3.07. The van der Waals surface area contributed by atoms with Crippen molar-refractivity contribution in [1.82, 2.24) is 9.13 Å². The van der Waals surface area contributed by atoms with Crippen LogP contribution < -0.4 is 0 Å². The Labute approximate surface area is 106 Å². The highest BCUT2D eigenvalue weighted by molar-refractivity contribution is 7.71. The van der Waals surface area contributed by atoms with Gasteiger partial charge in [0, 0.05) is 6.54 Å². The lowest BCUT2D eigenvalue weighted by molar-refractivity contribution is 0.441. The van der Waals surface area contributed by atoms with E-state index < -0.39 is 0 Å². The highest BCUT2D eigenvalue weighted by Crippen LogP contribution is 2.23. The van der Waals surface area contributed by atoms with E-state index in [2.05, 4.69) is 6.07 Å². The van der Waals surface area contributed by atoms with Crippen molar-refractivity contribution in [2.75, 3.05) is 0 Å². The van der Waals surface area contributed by atoms with E-state index in [-0.39, 0.29) is 5.88 Å². The molecule has 0 aliphatic carbocycles. The van der Waals surface area contributed by atoms with Gasteiger partial charge in [-0.2, -0.15) is 0 Å². The molecule has 1 N–H and O–H groups in total. The van der Waals surface area contributed by atoms with E-state index in [1.165, 1.54) is 5.56 Å². The van der Waals surface area contributed by atoms with Gasteiger partial charge >= 0.3 is 0 Å². The molecule has 0 aliphatic heterocycles. The number of aromatic hydroxyl groups is 1. The zero-order valence-corrected chi connectivity index (χ0v) is 11.1. The Balaban J connectivity index is 2.68.